The summed E-state index contributed by atoms with van der Waals surface area (Å²) in [4.78, 5) is 23.8. The first-order valence-electron chi connectivity index (χ1n) is 9.11. The van der Waals surface area contributed by atoms with Crippen LogP contribution in [0.25, 0.3) is 0 Å². The molecule has 0 saturated carbocycles. The number of methoxy groups -OCH3 is 1. The summed E-state index contributed by atoms with van der Waals surface area (Å²) in [7, 11) is 1.55. The van der Waals surface area contributed by atoms with Crippen LogP contribution in [0, 0.1) is 5.92 Å². The van der Waals surface area contributed by atoms with E-state index < -0.39 is 0 Å². The number of rotatable bonds is 8. The molecule has 1 heterocycles. The molecular weight excluding hydrogens is 370 g/mol. The van der Waals surface area contributed by atoms with Gasteiger partial charge < -0.3 is 25.4 Å². The van der Waals surface area contributed by atoms with Gasteiger partial charge in [-0.3, -0.25) is 9.59 Å². The van der Waals surface area contributed by atoms with Gasteiger partial charge in [0.05, 0.1) is 7.11 Å². The van der Waals surface area contributed by atoms with Crippen LogP contribution in [-0.2, 0) is 16.1 Å². The molecule has 1 aromatic carbocycles. The number of carbonyl (C=O) groups excluding carboxylic acids is 2. The number of benzene rings is 1. The van der Waals surface area contributed by atoms with Gasteiger partial charge in [0, 0.05) is 25.0 Å². The lowest BCUT2D eigenvalue weighted by Crippen LogP contribution is -2.42. The van der Waals surface area contributed by atoms with Crippen LogP contribution in [0.3, 0.4) is 0 Å². The second kappa shape index (κ2) is 11.7. The van der Waals surface area contributed by atoms with Gasteiger partial charge in [-0.2, -0.15) is 0 Å². The van der Waals surface area contributed by atoms with Crippen LogP contribution >= 0.6 is 12.4 Å². The zero-order chi connectivity index (χ0) is 18.9. The van der Waals surface area contributed by atoms with Gasteiger partial charge in [-0.1, -0.05) is 6.07 Å². The molecule has 3 N–H and O–H groups in total. The molecule has 1 aliphatic rings. The van der Waals surface area contributed by atoms with Crippen LogP contribution in [0.2, 0.25) is 0 Å². The first-order valence-corrected chi connectivity index (χ1v) is 9.11. The number of amides is 2. The Bertz CT molecular complexity index is 627. The van der Waals surface area contributed by atoms with E-state index in [0.29, 0.717) is 30.6 Å². The van der Waals surface area contributed by atoms with Crippen molar-refractivity contribution in [3.8, 4) is 11.5 Å². The topological polar surface area (TPSA) is 88.7 Å². The molecule has 1 aromatic rings. The highest BCUT2D eigenvalue weighted by molar-refractivity contribution is 5.85. The average molecular weight is 400 g/mol. The number of ether oxygens (including phenoxy) is 2. The number of halogens is 1. The molecule has 0 spiro atoms. The van der Waals surface area contributed by atoms with Gasteiger partial charge >= 0.3 is 0 Å². The lowest BCUT2D eigenvalue weighted by molar-refractivity contribution is -0.126. The van der Waals surface area contributed by atoms with Gasteiger partial charge in [-0.25, -0.2) is 0 Å². The van der Waals surface area contributed by atoms with Crippen molar-refractivity contribution in [2.75, 3.05) is 26.8 Å². The van der Waals surface area contributed by atoms with Crippen molar-refractivity contribution in [2.24, 2.45) is 5.92 Å². The van der Waals surface area contributed by atoms with E-state index >= 15 is 0 Å². The van der Waals surface area contributed by atoms with Crippen molar-refractivity contribution in [2.45, 2.75) is 39.3 Å². The molecule has 2 atom stereocenters. The van der Waals surface area contributed by atoms with Gasteiger partial charge in [-0.15, -0.1) is 12.4 Å². The van der Waals surface area contributed by atoms with E-state index in [9.17, 15) is 9.59 Å². The standard InChI is InChI=1S/C19H29N3O4.ClH/c1-4-20-18(23)12-26-16-6-5-14(10-17(16)25-3)11-22-19(24)15-7-8-21-13(2)9-15;/h5-6,10,13,15,21H,4,7-9,11-12H2,1-3H3,(H,20,23)(H,22,24);1H/t13-,15-;/m0./s1. The van der Waals surface area contributed by atoms with E-state index in [2.05, 4.69) is 22.9 Å². The van der Waals surface area contributed by atoms with Crippen LogP contribution in [-0.4, -0.2) is 44.7 Å². The highest BCUT2D eigenvalue weighted by Gasteiger charge is 2.24. The van der Waals surface area contributed by atoms with Crippen molar-refractivity contribution in [3.05, 3.63) is 23.8 Å². The summed E-state index contributed by atoms with van der Waals surface area (Å²) < 4.78 is 10.8. The molecule has 0 unspecified atom stereocenters. The SMILES string of the molecule is CCNC(=O)COc1ccc(CNC(=O)[C@H]2CCN[C@@H](C)C2)cc1OC.Cl. The fraction of sp³-hybridized carbons (Fsp3) is 0.579. The summed E-state index contributed by atoms with van der Waals surface area (Å²) in [5.74, 6) is 1.02. The van der Waals surface area contributed by atoms with Crippen molar-refractivity contribution < 1.29 is 19.1 Å². The molecular formula is C19H30ClN3O4. The number of likely N-dealkylation sites (N-methyl/N-ethyl adjacent to an activating group) is 1. The number of nitrogens with one attached hydrogen (secondary N) is 3. The monoisotopic (exact) mass is 399 g/mol. The molecule has 1 fully saturated rings. The number of hydrogen-bond acceptors (Lipinski definition) is 5. The van der Waals surface area contributed by atoms with E-state index in [-0.39, 0.29) is 36.7 Å². The smallest absolute Gasteiger partial charge is 0.257 e. The fourth-order valence-electron chi connectivity index (χ4n) is 3.04. The molecule has 8 heteroatoms. The Morgan fingerprint density at radius 3 is 2.70 bits per heavy atom. The first-order chi connectivity index (χ1) is 12.5. The van der Waals surface area contributed by atoms with Gasteiger partial charge in [0.15, 0.2) is 18.1 Å². The van der Waals surface area contributed by atoms with Crippen LogP contribution in [0.15, 0.2) is 18.2 Å². The summed E-state index contributed by atoms with van der Waals surface area (Å²) in [5.41, 5.74) is 0.919. The molecule has 27 heavy (non-hydrogen) atoms. The number of carbonyl (C=O) groups is 2. The minimum absolute atomic E-state index is 0. The quantitative estimate of drug-likeness (QED) is 0.618. The summed E-state index contributed by atoms with van der Waals surface area (Å²) in [6.07, 6.45) is 1.73. The highest BCUT2D eigenvalue weighted by Crippen LogP contribution is 2.28. The molecule has 0 radical (unpaired) electrons. The van der Waals surface area contributed by atoms with E-state index in [1.807, 2.05) is 19.1 Å². The molecule has 152 valence electrons. The molecule has 7 nitrogen and oxygen atoms in total. The van der Waals surface area contributed by atoms with Gasteiger partial charge in [-0.05, 0) is 50.9 Å². The molecule has 2 rings (SSSR count). The van der Waals surface area contributed by atoms with E-state index in [1.165, 1.54) is 0 Å². The molecule has 0 aliphatic carbocycles. The Kier molecular flexibility index (Phi) is 9.96. The molecule has 0 aromatic heterocycles. The third-order valence-corrected chi connectivity index (χ3v) is 4.42. The van der Waals surface area contributed by atoms with Crippen molar-refractivity contribution in [1.82, 2.24) is 16.0 Å². The van der Waals surface area contributed by atoms with Crippen LogP contribution < -0.4 is 25.4 Å². The maximum atomic E-state index is 12.3. The van der Waals surface area contributed by atoms with Crippen LogP contribution in [0.1, 0.15) is 32.3 Å². The molecule has 0 bridgehead atoms. The molecule has 1 saturated heterocycles. The lowest BCUT2D eigenvalue weighted by atomic mass is 9.92. The van der Waals surface area contributed by atoms with Crippen LogP contribution in [0.5, 0.6) is 11.5 Å². The average Bonchev–Trinajstić information content (AvgIpc) is 2.64. The Morgan fingerprint density at radius 1 is 1.26 bits per heavy atom. The van der Waals surface area contributed by atoms with Crippen molar-refractivity contribution in [1.29, 1.82) is 0 Å². The summed E-state index contributed by atoms with van der Waals surface area (Å²) in [6.45, 7) is 5.77. The Balaban J connectivity index is 0.00000364. The zero-order valence-electron chi connectivity index (χ0n) is 16.2. The maximum absolute atomic E-state index is 12.3. The second-order valence-electron chi connectivity index (χ2n) is 6.52. The number of hydrogen-bond donors (Lipinski definition) is 3. The zero-order valence-corrected chi connectivity index (χ0v) is 17.0. The lowest BCUT2D eigenvalue weighted by Gasteiger charge is -2.27. The van der Waals surface area contributed by atoms with Gasteiger partial charge in [0.1, 0.15) is 0 Å². The summed E-state index contributed by atoms with van der Waals surface area (Å²) in [6, 6.07) is 5.81. The molecule has 2 amide bonds. The van der Waals surface area contributed by atoms with E-state index in [1.54, 1.807) is 13.2 Å². The van der Waals surface area contributed by atoms with Crippen molar-refractivity contribution in [3.63, 3.8) is 0 Å². The Morgan fingerprint density at radius 2 is 2.04 bits per heavy atom. The Hall–Kier alpha value is -1.99. The van der Waals surface area contributed by atoms with Gasteiger partial charge in [0.2, 0.25) is 5.91 Å². The summed E-state index contributed by atoms with van der Waals surface area (Å²) in [5, 5.41) is 9.03. The number of piperidine rings is 1. The minimum atomic E-state index is -0.179. The molecule has 1 aliphatic heterocycles. The van der Waals surface area contributed by atoms with E-state index in [0.717, 1.165) is 24.9 Å². The highest BCUT2D eigenvalue weighted by atomic mass is 35.5. The minimum Gasteiger partial charge on any atom is -0.493 e. The Labute approximate surface area is 167 Å². The second-order valence-corrected chi connectivity index (χ2v) is 6.52. The van der Waals surface area contributed by atoms with E-state index in [4.69, 9.17) is 9.47 Å². The largest absolute Gasteiger partial charge is 0.493 e. The van der Waals surface area contributed by atoms with Gasteiger partial charge in [0.25, 0.3) is 5.91 Å². The van der Waals surface area contributed by atoms with Crippen LogP contribution in [0.4, 0.5) is 0 Å². The predicted octanol–water partition coefficient (Wildman–Crippen LogP) is 1.64. The van der Waals surface area contributed by atoms with Crippen molar-refractivity contribution >= 4 is 24.2 Å². The third kappa shape index (κ3) is 7.27. The fourth-order valence-corrected chi connectivity index (χ4v) is 3.04. The summed E-state index contributed by atoms with van der Waals surface area (Å²) >= 11 is 0. The third-order valence-electron chi connectivity index (χ3n) is 4.42. The predicted molar refractivity (Wildman–Crippen MR) is 106 cm³/mol. The maximum Gasteiger partial charge on any atom is 0.257 e. The normalized spacial score (nSPS) is 18.8. The first kappa shape index (κ1) is 23.0.